The maximum absolute atomic E-state index is 13.9. The minimum Gasteiger partial charge on any atom is -0.310 e. The molecule has 1 aliphatic rings. The standard InChI is InChI=1S/C25H21F5N4O2S/c1-3-37(35,36)20-10-15(18-7-5-4-6-17(18)14-8-9-14)12-31-21(20)23-33-19-11-16(13-32-22(19)34(23)2)24(26,27)25(28,29)30/h4-7,10-14H,3,8-9H2,1-2H3. The highest BCUT2D eigenvalue weighted by Gasteiger charge is 2.59. The highest BCUT2D eigenvalue weighted by molar-refractivity contribution is 7.91. The Morgan fingerprint density at radius 2 is 1.73 bits per heavy atom. The van der Waals surface area contributed by atoms with E-state index in [1.54, 1.807) is 0 Å². The van der Waals surface area contributed by atoms with E-state index in [1.807, 2.05) is 24.3 Å². The minimum atomic E-state index is -5.81. The van der Waals surface area contributed by atoms with Gasteiger partial charge in [0.15, 0.2) is 21.3 Å². The van der Waals surface area contributed by atoms with Crippen LogP contribution in [0, 0.1) is 0 Å². The van der Waals surface area contributed by atoms with Gasteiger partial charge < -0.3 is 4.57 Å². The van der Waals surface area contributed by atoms with E-state index in [1.165, 1.54) is 30.8 Å². The summed E-state index contributed by atoms with van der Waals surface area (Å²) < 4.78 is 94.0. The molecule has 1 aromatic carbocycles. The number of hydrogen-bond acceptors (Lipinski definition) is 5. The van der Waals surface area contributed by atoms with Crippen molar-refractivity contribution in [3.05, 3.63) is 59.9 Å². The van der Waals surface area contributed by atoms with Gasteiger partial charge in [-0.1, -0.05) is 31.2 Å². The zero-order chi connectivity index (χ0) is 26.8. The third-order valence-corrected chi connectivity index (χ3v) is 8.24. The van der Waals surface area contributed by atoms with Gasteiger partial charge in [0.25, 0.3) is 0 Å². The van der Waals surface area contributed by atoms with Gasteiger partial charge in [0.1, 0.15) is 11.2 Å². The summed E-state index contributed by atoms with van der Waals surface area (Å²) in [5, 5.41) is 0. The third-order valence-electron chi connectivity index (χ3n) is 6.50. The number of nitrogens with zero attached hydrogens (tertiary/aromatic N) is 4. The zero-order valence-electron chi connectivity index (χ0n) is 19.7. The molecule has 6 nitrogen and oxygen atoms in total. The summed E-state index contributed by atoms with van der Waals surface area (Å²) in [5.74, 6) is -4.99. The Labute approximate surface area is 209 Å². The molecular weight excluding hydrogens is 515 g/mol. The maximum atomic E-state index is 13.9. The Hall–Kier alpha value is -3.41. The molecule has 0 saturated heterocycles. The van der Waals surface area contributed by atoms with Crippen LogP contribution in [0.5, 0.6) is 0 Å². The van der Waals surface area contributed by atoms with E-state index in [2.05, 4.69) is 15.0 Å². The Kier molecular flexibility index (Phi) is 5.85. The highest BCUT2D eigenvalue weighted by Crippen LogP contribution is 2.46. The van der Waals surface area contributed by atoms with Gasteiger partial charge in [0.05, 0.1) is 16.2 Å². The van der Waals surface area contributed by atoms with Crippen LogP contribution in [0.4, 0.5) is 22.0 Å². The topological polar surface area (TPSA) is 77.7 Å². The van der Waals surface area contributed by atoms with Crippen LogP contribution in [-0.4, -0.2) is 39.9 Å². The number of rotatable bonds is 6. The van der Waals surface area contributed by atoms with Crippen molar-refractivity contribution in [3.63, 3.8) is 0 Å². The Morgan fingerprint density at radius 3 is 2.38 bits per heavy atom. The maximum Gasteiger partial charge on any atom is 0.458 e. The van der Waals surface area contributed by atoms with Crippen molar-refractivity contribution in [1.29, 1.82) is 0 Å². The first kappa shape index (κ1) is 25.2. The molecule has 0 spiro atoms. The Bertz CT molecular complexity index is 1630. The molecule has 37 heavy (non-hydrogen) atoms. The van der Waals surface area contributed by atoms with Crippen LogP contribution in [0.2, 0.25) is 0 Å². The van der Waals surface area contributed by atoms with Gasteiger partial charge >= 0.3 is 12.1 Å². The van der Waals surface area contributed by atoms with Crippen molar-refractivity contribution in [2.45, 2.75) is 42.7 Å². The number of benzene rings is 1. The molecular formula is C25H21F5N4O2S. The molecule has 1 aliphatic carbocycles. The van der Waals surface area contributed by atoms with E-state index in [0.717, 1.165) is 24.0 Å². The second-order valence-corrected chi connectivity index (χ2v) is 11.2. The van der Waals surface area contributed by atoms with Gasteiger partial charge in [0.2, 0.25) is 0 Å². The average molecular weight is 537 g/mol. The fraction of sp³-hybridized carbons (Fsp3) is 0.320. The van der Waals surface area contributed by atoms with Crippen LogP contribution in [0.3, 0.4) is 0 Å². The number of aromatic nitrogens is 4. The van der Waals surface area contributed by atoms with E-state index < -0.39 is 27.5 Å². The molecule has 1 saturated carbocycles. The molecule has 4 aromatic rings. The molecule has 194 valence electrons. The molecule has 12 heteroatoms. The summed E-state index contributed by atoms with van der Waals surface area (Å²) in [4.78, 5) is 12.2. The largest absolute Gasteiger partial charge is 0.458 e. The number of hydrogen-bond donors (Lipinski definition) is 0. The van der Waals surface area contributed by atoms with Crippen molar-refractivity contribution in [2.24, 2.45) is 7.05 Å². The lowest BCUT2D eigenvalue weighted by atomic mass is 9.98. The second kappa shape index (κ2) is 8.57. The van der Waals surface area contributed by atoms with Crippen LogP contribution < -0.4 is 0 Å². The number of pyridine rings is 2. The molecule has 0 atom stereocenters. The Balaban J connectivity index is 1.68. The van der Waals surface area contributed by atoms with Crippen molar-refractivity contribution in [2.75, 3.05) is 5.75 Å². The summed E-state index contributed by atoms with van der Waals surface area (Å²) >= 11 is 0. The van der Waals surface area contributed by atoms with Crippen molar-refractivity contribution in [1.82, 2.24) is 19.5 Å². The number of halogens is 5. The van der Waals surface area contributed by atoms with Crippen LogP contribution in [-0.2, 0) is 22.8 Å². The summed E-state index contributed by atoms with van der Waals surface area (Å²) in [6.07, 6.45) is -1.76. The molecule has 0 aliphatic heterocycles. The summed E-state index contributed by atoms with van der Waals surface area (Å²) in [6, 6.07) is 9.79. The van der Waals surface area contributed by atoms with Gasteiger partial charge in [-0.15, -0.1) is 0 Å². The van der Waals surface area contributed by atoms with E-state index in [9.17, 15) is 30.4 Å². The molecule has 0 bridgehead atoms. The van der Waals surface area contributed by atoms with Crippen molar-refractivity contribution in [3.8, 4) is 22.6 Å². The first-order valence-corrected chi connectivity index (χ1v) is 13.1. The van der Waals surface area contributed by atoms with Crippen LogP contribution in [0.1, 0.15) is 36.8 Å². The first-order chi connectivity index (χ1) is 17.3. The SMILES string of the molecule is CCS(=O)(=O)c1cc(-c2ccccc2C2CC2)cnc1-c1nc2cc(C(F)(F)C(F)(F)F)cnc2n1C. The van der Waals surface area contributed by atoms with E-state index >= 15 is 0 Å². The fourth-order valence-electron chi connectivity index (χ4n) is 4.29. The number of sulfone groups is 1. The molecule has 1 fully saturated rings. The van der Waals surface area contributed by atoms with Gasteiger partial charge in [-0.2, -0.15) is 22.0 Å². The van der Waals surface area contributed by atoms with Crippen molar-refractivity contribution >= 4 is 21.0 Å². The van der Waals surface area contributed by atoms with Crippen LogP contribution >= 0.6 is 0 Å². The summed E-state index contributed by atoms with van der Waals surface area (Å²) in [6.45, 7) is 1.48. The monoisotopic (exact) mass is 536 g/mol. The van der Waals surface area contributed by atoms with Crippen LogP contribution in [0.25, 0.3) is 33.8 Å². The molecule has 3 aromatic heterocycles. The van der Waals surface area contributed by atoms with Gasteiger partial charge in [-0.05, 0) is 42.0 Å². The number of imidazole rings is 1. The lowest BCUT2D eigenvalue weighted by Gasteiger charge is -2.19. The van der Waals surface area contributed by atoms with Crippen molar-refractivity contribution < 1.29 is 30.4 Å². The Morgan fingerprint density at radius 1 is 1.03 bits per heavy atom. The predicted octanol–water partition coefficient (Wildman–Crippen LogP) is 6.02. The molecule has 3 heterocycles. The van der Waals surface area contributed by atoms with Crippen LogP contribution in [0.15, 0.2) is 53.7 Å². The molecule has 0 radical (unpaired) electrons. The highest BCUT2D eigenvalue weighted by atomic mass is 32.2. The van der Waals surface area contributed by atoms with Gasteiger partial charge in [-0.25, -0.2) is 18.4 Å². The quantitative estimate of drug-likeness (QED) is 0.282. The fourth-order valence-corrected chi connectivity index (χ4v) is 5.34. The smallest absolute Gasteiger partial charge is 0.310 e. The first-order valence-electron chi connectivity index (χ1n) is 11.4. The molecule has 0 N–H and O–H groups in total. The number of aryl methyl sites for hydroxylation is 1. The van der Waals surface area contributed by atoms with E-state index in [-0.39, 0.29) is 33.3 Å². The molecule has 0 amide bonds. The predicted molar refractivity (Wildman–Crippen MR) is 127 cm³/mol. The zero-order valence-corrected chi connectivity index (χ0v) is 20.5. The molecule has 0 unspecified atom stereocenters. The number of fused-ring (bicyclic) bond motifs is 1. The van der Waals surface area contributed by atoms with Gasteiger partial charge in [0, 0.05) is 25.0 Å². The lowest BCUT2D eigenvalue weighted by Crippen LogP contribution is -2.33. The van der Waals surface area contributed by atoms with Gasteiger partial charge in [-0.3, -0.25) is 4.98 Å². The lowest BCUT2D eigenvalue weighted by molar-refractivity contribution is -0.289. The van der Waals surface area contributed by atoms with E-state index in [0.29, 0.717) is 23.7 Å². The minimum absolute atomic E-state index is 0.00141. The normalized spacial score (nSPS) is 14.9. The molecule has 5 rings (SSSR count). The average Bonchev–Trinajstić information content (AvgIpc) is 3.66. The summed E-state index contributed by atoms with van der Waals surface area (Å²) in [7, 11) is -2.38. The van der Waals surface area contributed by atoms with E-state index in [4.69, 9.17) is 0 Å². The number of alkyl halides is 5. The third kappa shape index (κ3) is 4.26. The summed E-state index contributed by atoms with van der Waals surface area (Å²) in [5.41, 5.74) is 0.912. The second-order valence-electron chi connectivity index (χ2n) is 8.97.